The van der Waals surface area contributed by atoms with Gasteiger partial charge in [-0.1, -0.05) is 307 Å². The molecule has 0 fully saturated rings. The summed E-state index contributed by atoms with van der Waals surface area (Å²) in [5.41, 5.74) is -1.06. The van der Waals surface area contributed by atoms with E-state index in [1.807, 2.05) is 41.5 Å². The van der Waals surface area contributed by atoms with Crippen LogP contribution in [0.1, 0.15) is 454 Å². The van der Waals surface area contributed by atoms with E-state index in [4.69, 9.17) is 0 Å². The average molecular weight is 1610 g/mol. The molecule has 0 aromatic rings. The minimum atomic E-state index is -0.954. The molecule has 0 aliphatic heterocycles. The van der Waals surface area contributed by atoms with Crippen LogP contribution in [0, 0.1) is 0 Å². The van der Waals surface area contributed by atoms with Crippen molar-refractivity contribution in [2.75, 3.05) is 78.5 Å². The Morgan fingerprint density at radius 1 is 0.228 bits per heavy atom. The van der Waals surface area contributed by atoms with Gasteiger partial charge in [0.05, 0.1) is 0 Å². The third kappa shape index (κ3) is 82.4. The van der Waals surface area contributed by atoms with Crippen LogP contribution in [0.2, 0.25) is 0 Å². The van der Waals surface area contributed by atoms with Gasteiger partial charge in [-0.15, -0.1) is 0 Å². The lowest BCUT2D eigenvalue weighted by Gasteiger charge is -2.35. The van der Waals surface area contributed by atoms with E-state index in [9.17, 15) is 39.0 Å². The summed E-state index contributed by atoms with van der Waals surface area (Å²) in [6.07, 6.45) is 89.2. The van der Waals surface area contributed by atoms with Gasteiger partial charge >= 0.3 is 12.2 Å². The van der Waals surface area contributed by atoms with E-state index >= 15 is 0 Å². The quantitative estimate of drug-likeness (QED) is 0.0251. The van der Waals surface area contributed by atoms with Crippen LogP contribution in [0.25, 0.3) is 0 Å². The molecular formula is C98H188N8O8. The average Bonchev–Trinajstić information content (AvgIpc) is 0.875. The van der Waals surface area contributed by atoms with E-state index in [2.05, 4.69) is 107 Å². The molecule has 114 heavy (non-hydrogen) atoms. The lowest BCUT2D eigenvalue weighted by Crippen LogP contribution is -2.49. The van der Waals surface area contributed by atoms with Crippen molar-refractivity contribution in [3.05, 3.63) is 48.6 Å². The van der Waals surface area contributed by atoms with Crippen molar-refractivity contribution in [2.24, 2.45) is 0 Å². The summed E-state index contributed by atoms with van der Waals surface area (Å²) in [4.78, 5) is 81.7. The number of nitrogens with zero attached hydrogens (tertiary/aromatic N) is 4. The van der Waals surface area contributed by atoms with Gasteiger partial charge in [-0.2, -0.15) is 0 Å². The highest BCUT2D eigenvalue weighted by molar-refractivity contribution is 5.77. The first-order valence-corrected chi connectivity index (χ1v) is 48.4. The number of carbonyl (C=O) groups excluding carboxylic acids is 4. The smallest absolute Gasteiger partial charge is 0.407 e. The molecule has 0 saturated heterocycles. The van der Waals surface area contributed by atoms with E-state index in [-0.39, 0.29) is 23.6 Å². The van der Waals surface area contributed by atoms with Gasteiger partial charge in [0.2, 0.25) is 23.6 Å². The maximum absolute atomic E-state index is 12.7. The summed E-state index contributed by atoms with van der Waals surface area (Å²) in [5, 5.41) is 31.9. The zero-order chi connectivity index (χ0) is 84.2. The standard InChI is InChI=1S/2C49H94N4O4/c2*1-6-8-10-12-14-16-18-20-22-24-26-28-30-32-34-36-40-50-46(54)38-42-52(44-45-53(48(56)57)49(3,4)5)43-39-47(55)51-41-37-35-33-31-29-27-25-23-21-19-17-15-13-11-9-7-2/h2*20-23H,6-19,24-45H2,1-5H3,(H,50,54)(H,51,55)(H,56,57)/b2*22-20-,23-21-. The van der Waals surface area contributed by atoms with Crippen LogP contribution in [0.5, 0.6) is 0 Å². The van der Waals surface area contributed by atoms with Gasteiger partial charge < -0.3 is 51.1 Å². The Morgan fingerprint density at radius 2 is 0.386 bits per heavy atom. The molecule has 0 rings (SSSR count). The second-order valence-corrected chi connectivity index (χ2v) is 35.0. The monoisotopic (exact) mass is 1610 g/mol. The molecule has 668 valence electrons. The molecule has 0 aromatic heterocycles. The Kier molecular flexibility index (Phi) is 82.8. The first kappa shape index (κ1) is 111. The summed E-state index contributed by atoms with van der Waals surface area (Å²) in [7, 11) is 0. The predicted octanol–water partition coefficient (Wildman–Crippen LogP) is 26.3. The van der Waals surface area contributed by atoms with Crippen molar-refractivity contribution >= 4 is 35.8 Å². The molecule has 16 heteroatoms. The second-order valence-electron chi connectivity index (χ2n) is 35.0. The van der Waals surface area contributed by atoms with Gasteiger partial charge in [-0.25, -0.2) is 9.59 Å². The topological polar surface area (TPSA) is 204 Å². The fourth-order valence-electron chi connectivity index (χ4n) is 14.4. The molecule has 0 aliphatic rings. The van der Waals surface area contributed by atoms with Crippen LogP contribution in [0.4, 0.5) is 9.59 Å². The third-order valence-electron chi connectivity index (χ3n) is 22.0. The molecule has 0 spiro atoms. The highest BCUT2D eigenvalue weighted by atomic mass is 16.4. The molecular weight excluding hydrogens is 1420 g/mol. The Bertz CT molecular complexity index is 2020. The molecule has 0 saturated carbocycles. The van der Waals surface area contributed by atoms with Gasteiger partial charge in [0.15, 0.2) is 0 Å². The molecule has 16 nitrogen and oxygen atoms in total. The largest absolute Gasteiger partial charge is 0.465 e. The molecule has 0 radical (unpaired) electrons. The highest BCUT2D eigenvalue weighted by Crippen LogP contribution is 2.19. The molecule has 0 bridgehead atoms. The summed E-state index contributed by atoms with van der Waals surface area (Å²) >= 11 is 0. The van der Waals surface area contributed by atoms with E-state index in [1.54, 1.807) is 0 Å². The molecule has 6 N–H and O–H groups in total. The predicted molar refractivity (Wildman–Crippen MR) is 490 cm³/mol. The van der Waals surface area contributed by atoms with Crippen molar-refractivity contribution in [1.29, 1.82) is 0 Å². The Labute approximate surface area is 704 Å². The normalized spacial score (nSPS) is 12.0. The summed E-state index contributed by atoms with van der Waals surface area (Å²) in [6, 6.07) is 0. The Morgan fingerprint density at radius 3 is 0.544 bits per heavy atom. The zero-order valence-electron chi connectivity index (χ0n) is 76.7. The number of nitrogens with one attached hydrogen (secondary N) is 4. The van der Waals surface area contributed by atoms with Crippen LogP contribution >= 0.6 is 0 Å². The van der Waals surface area contributed by atoms with Crippen LogP contribution in [-0.4, -0.2) is 155 Å². The van der Waals surface area contributed by atoms with Crippen LogP contribution in [0.3, 0.4) is 0 Å². The van der Waals surface area contributed by atoms with E-state index in [0.29, 0.717) is 104 Å². The minimum Gasteiger partial charge on any atom is -0.465 e. The van der Waals surface area contributed by atoms with E-state index in [1.165, 1.54) is 318 Å². The van der Waals surface area contributed by atoms with Crippen molar-refractivity contribution in [2.45, 2.75) is 466 Å². The molecule has 0 unspecified atom stereocenters. The number of hydrogen-bond acceptors (Lipinski definition) is 8. The molecule has 0 aromatic carbocycles. The minimum absolute atomic E-state index is 0.0167. The highest BCUT2D eigenvalue weighted by Gasteiger charge is 2.28. The SMILES string of the molecule is CCCCCCCC/C=C\CCCCCCCCNC(=O)CCN(CCC(=O)NCCCCCCCC/C=C\CCCCCCCC)CCN(C(=O)O)C(C)(C)C.CCCCCCCC/C=C\CCCCCCCCNC(=O)CCN(CCC(=O)NCCCCCCCC/C=C\CCCCCCCC)CCN(C(=O)O)C(C)(C)C. The van der Waals surface area contributed by atoms with Crippen LogP contribution in [-0.2, 0) is 19.2 Å². The number of rotatable bonds is 82. The number of carboxylic acid groups (broad SMARTS) is 2. The number of unbranched alkanes of at least 4 members (excludes halogenated alkanes) is 48. The fraction of sp³-hybridized carbons (Fsp3) is 0.857. The first-order chi connectivity index (χ1) is 55.2. The van der Waals surface area contributed by atoms with E-state index < -0.39 is 23.3 Å². The van der Waals surface area contributed by atoms with Crippen LogP contribution < -0.4 is 21.3 Å². The maximum Gasteiger partial charge on any atom is 0.407 e. The van der Waals surface area contributed by atoms with E-state index in [0.717, 1.165) is 51.4 Å². The lowest BCUT2D eigenvalue weighted by atomic mass is 10.1. The van der Waals surface area contributed by atoms with Gasteiger partial charge in [0.1, 0.15) is 0 Å². The van der Waals surface area contributed by atoms with Gasteiger partial charge in [-0.05, 0) is 170 Å². The summed E-state index contributed by atoms with van der Waals surface area (Å²) < 4.78 is 0. The number of amides is 6. The van der Waals surface area contributed by atoms with Gasteiger partial charge in [-0.3, -0.25) is 19.2 Å². The van der Waals surface area contributed by atoms with Gasteiger partial charge in [0.25, 0.3) is 0 Å². The van der Waals surface area contributed by atoms with Crippen molar-refractivity contribution in [3.63, 3.8) is 0 Å². The van der Waals surface area contributed by atoms with Crippen molar-refractivity contribution < 1.29 is 39.0 Å². The van der Waals surface area contributed by atoms with Crippen molar-refractivity contribution in [3.8, 4) is 0 Å². The Balaban J connectivity index is 0. The molecule has 0 atom stereocenters. The van der Waals surface area contributed by atoms with Crippen LogP contribution in [0.15, 0.2) is 48.6 Å². The first-order valence-electron chi connectivity index (χ1n) is 48.4. The second kappa shape index (κ2) is 84.7. The molecule has 6 amide bonds. The zero-order valence-corrected chi connectivity index (χ0v) is 76.7. The molecule has 0 aliphatic carbocycles. The maximum atomic E-state index is 12.7. The number of allylic oxidation sites excluding steroid dienone is 8. The van der Waals surface area contributed by atoms with Gasteiger partial charge in [0, 0.05) is 115 Å². The fourth-order valence-corrected chi connectivity index (χ4v) is 14.4. The Hall–Kier alpha value is -4.70. The summed E-state index contributed by atoms with van der Waals surface area (Å²) in [6.45, 7) is 26.8. The summed E-state index contributed by atoms with van der Waals surface area (Å²) in [5.74, 6) is 0.0669. The molecule has 0 heterocycles. The number of hydrogen-bond donors (Lipinski definition) is 6. The third-order valence-corrected chi connectivity index (χ3v) is 22.0. The van der Waals surface area contributed by atoms with Crippen molar-refractivity contribution in [1.82, 2.24) is 40.9 Å². The lowest BCUT2D eigenvalue weighted by molar-refractivity contribution is -0.123. The number of carbonyl (C=O) groups is 6.